The third kappa shape index (κ3) is 1.61. The molecule has 0 saturated carbocycles. The number of aromatic hydroxyl groups is 1. The predicted molar refractivity (Wildman–Crippen MR) is 39.2 cm³/mol. The number of phenols is 1. The normalized spacial score (nSPS) is 9.64. The summed E-state index contributed by atoms with van der Waals surface area (Å²) < 4.78 is 17.6. The molecule has 0 aliphatic heterocycles. The molecule has 11 heavy (non-hydrogen) atoms. The van der Waals surface area contributed by atoms with Gasteiger partial charge in [-0.25, -0.2) is 4.39 Å². The Kier molecular flexibility index (Phi) is 2.31. The van der Waals surface area contributed by atoms with E-state index >= 15 is 0 Å². The number of phenolic OH excluding ortho intramolecular Hbond substituents is 1. The van der Waals surface area contributed by atoms with Crippen molar-refractivity contribution in [3.63, 3.8) is 0 Å². The Labute approximate surface area is 64.2 Å². The number of rotatable bonds is 2. The minimum absolute atomic E-state index is 0.0741. The van der Waals surface area contributed by atoms with Crippen LogP contribution in [0.15, 0.2) is 18.2 Å². The molecule has 0 amide bonds. The van der Waals surface area contributed by atoms with Gasteiger partial charge < -0.3 is 9.84 Å². The van der Waals surface area contributed by atoms with Gasteiger partial charge in [-0.05, 0) is 19.1 Å². The molecule has 0 atom stereocenters. The molecule has 1 aromatic rings. The minimum atomic E-state index is -0.535. The summed E-state index contributed by atoms with van der Waals surface area (Å²) in [7, 11) is 0. The molecule has 60 valence electrons. The van der Waals surface area contributed by atoms with E-state index < -0.39 is 5.82 Å². The molecule has 0 aliphatic carbocycles. The maximum absolute atomic E-state index is 12.8. The molecule has 0 bridgehead atoms. The lowest BCUT2D eigenvalue weighted by Crippen LogP contribution is -1.94. The molecule has 2 nitrogen and oxygen atoms in total. The average Bonchev–Trinajstić information content (AvgIpc) is 1.97. The predicted octanol–water partition coefficient (Wildman–Crippen LogP) is 1.93. The van der Waals surface area contributed by atoms with Crippen LogP contribution < -0.4 is 4.74 Å². The van der Waals surface area contributed by atoms with Crippen molar-refractivity contribution in [3.8, 4) is 11.5 Å². The standard InChI is InChI=1S/C8H9FO2/c1-2-11-8-6(9)4-3-5-7(8)10/h3-5,10H,2H2,1H3. The van der Waals surface area contributed by atoms with Crippen LogP contribution in [0.25, 0.3) is 0 Å². The lowest BCUT2D eigenvalue weighted by atomic mass is 10.3. The molecule has 0 unspecified atom stereocenters. The Morgan fingerprint density at radius 2 is 2.27 bits per heavy atom. The van der Waals surface area contributed by atoms with Crippen LogP contribution in [0.4, 0.5) is 4.39 Å². The Bertz CT molecular complexity index is 228. The molecule has 1 rings (SSSR count). The van der Waals surface area contributed by atoms with Gasteiger partial charge in [0, 0.05) is 0 Å². The van der Waals surface area contributed by atoms with Crippen molar-refractivity contribution in [2.45, 2.75) is 6.92 Å². The first-order chi connectivity index (χ1) is 5.25. The van der Waals surface area contributed by atoms with Crippen LogP contribution in [0.1, 0.15) is 6.92 Å². The average molecular weight is 156 g/mol. The van der Waals surface area contributed by atoms with Crippen molar-refractivity contribution in [1.29, 1.82) is 0 Å². The van der Waals surface area contributed by atoms with Crippen LogP contribution in [-0.4, -0.2) is 11.7 Å². The molecule has 0 saturated heterocycles. The van der Waals surface area contributed by atoms with Crippen molar-refractivity contribution in [1.82, 2.24) is 0 Å². The number of hydrogen-bond donors (Lipinski definition) is 1. The van der Waals surface area contributed by atoms with Crippen LogP contribution >= 0.6 is 0 Å². The molecule has 0 heterocycles. The number of ether oxygens (including phenoxy) is 1. The lowest BCUT2D eigenvalue weighted by Gasteiger charge is -2.05. The lowest BCUT2D eigenvalue weighted by molar-refractivity contribution is 0.300. The molecular weight excluding hydrogens is 147 g/mol. The van der Waals surface area contributed by atoms with Gasteiger partial charge in [-0.1, -0.05) is 6.07 Å². The summed E-state index contributed by atoms with van der Waals surface area (Å²) in [6.07, 6.45) is 0. The topological polar surface area (TPSA) is 29.5 Å². The first kappa shape index (κ1) is 7.85. The Hall–Kier alpha value is -1.25. The minimum Gasteiger partial charge on any atom is -0.504 e. The van der Waals surface area contributed by atoms with Gasteiger partial charge in [-0.3, -0.25) is 0 Å². The van der Waals surface area contributed by atoms with E-state index in [0.717, 1.165) is 0 Å². The van der Waals surface area contributed by atoms with E-state index in [1.807, 2.05) is 0 Å². The van der Waals surface area contributed by atoms with Gasteiger partial charge in [0.15, 0.2) is 17.3 Å². The Morgan fingerprint density at radius 1 is 1.55 bits per heavy atom. The summed E-state index contributed by atoms with van der Waals surface area (Å²) >= 11 is 0. The number of halogens is 1. The highest BCUT2D eigenvalue weighted by Gasteiger charge is 2.06. The second kappa shape index (κ2) is 3.23. The van der Waals surface area contributed by atoms with Crippen LogP contribution in [0.3, 0.4) is 0 Å². The number of hydrogen-bond acceptors (Lipinski definition) is 2. The highest BCUT2D eigenvalue weighted by atomic mass is 19.1. The van der Waals surface area contributed by atoms with Gasteiger partial charge in [0.1, 0.15) is 0 Å². The van der Waals surface area contributed by atoms with E-state index in [-0.39, 0.29) is 11.5 Å². The van der Waals surface area contributed by atoms with E-state index in [1.165, 1.54) is 18.2 Å². The first-order valence-electron chi connectivity index (χ1n) is 3.36. The second-order valence-corrected chi connectivity index (χ2v) is 2.02. The zero-order valence-electron chi connectivity index (χ0n) is 6.17. The fourth-order valence-electron chi connectivity index (χ4n) is 0.785. The maximum atomic E-state index is 12.8. The molecular formula is C8H9FO2. The van der Waals surface area contributed by atoms with Crippen LogP contribution in [0, 0.1) is 5.82 Å². The van der Waals surface area contributed by atoms with Gasteiger partial charge >= 0.3 is 0 Å². The summed E-state index contributed by atoms with van der Waals surface area (Å²) in [5.74, 6) is -0.770. The summed E-state index contributed by atoms with van der Waals surface area (Å²) in [6, 6.07) is 4.05. The van der Waals surface area contributed by atoms with E-state index in [0.29, 0.717) is 6.61 Å². The van der Waals surface area contributed by atoms with Crippen LogP contribution in [0.2, 0.25) is 0 Å². The highest BCUT2D eigenvalue weighted by Crippen LogP contribution is 2.28. The molecule has 0 radical (unpaired) electrons. The van der Waals surface area contributed by atoms with Crippen LogP contribution in [0.5, 0.6) is 11.5 Å². The van der Waals surface area contributed by atoms with Gasteiger partial charge in [0.05, 0.1) is 6.61 Å². The summed E-state index contributed by atoms with van der Waals surface area (Å²) in [6.45, 7) is 2.07. The molecule has 0 fully saturated rings. The monoisotopic (exact) mass is 156 g/mol. The zero-order chi connectivity index (χ0) is 8.27. The molecule has 0 aliphatic rings. The molecule has 1 aromatic carbocycles. The molecule has 0 aromatic heterocycles. The molecule has 0 spiro atoms. The van der Waals surface area contributed by atoms with E-state index in [2.05, 4.69) is 0 Å². The van der Waals surface area contributed by atoms with Gasteiger partial charge in [-0.2, -0.15) is 0 Å². The summed E-state index contributed by atoms with van der Waals surface area (Å²) in [4.78, 5) is 0. The second-order valence-electron chi connectivity index (χ2n) is 2.02. The van der Waals surface area contributed by atoms with Crippen molar-refractivity contribution >= 4 is 0 Å². The van der Waals surface area contributed by atoms with Gasteiger partial charge in [0.25, 0.3) is 0 Å². The summed E-state index contributed by atoms with van der Waals surface area (Å²) in [5.41, 5.74) is 0. The largest absolute Gasteiger partial charge is 0.504 e. The maximum Gasteiger partial charge on any atom is 0.196 e. The third-order valence-corrected chi connectivity index (χ3v) is 1.23. The SMILES string of the molecule is CCOc1c(O)cccc1F. The fourth-order valence-corrected chi connectivity index (χ4v) is 0.785. The van der Waals surface area contributed by atoms with Crippen molar-refractivity contribution in [3.05, 3.63) is 24.0 Å². The number of para-hydroxylation sites is 1. The Morgan fingerprint density at radius 3 is 2.82 bits per heavy atom. The Balaban J connectivity index is 3.00. The quantitative estimate of drug-likeness (QED) is 0.708. The van der Waals surface area contributed by atoms with E-state index in [9.17, 15) is 4.39 Å². The fraction of sp³-hybridized carbons (Fsp3) is 0.250. The smallest absolute Gasteiger partial charge is 0.196 e. The van der Waals surface area contributed by atoms with Crippen LogP contribution in [-0.2, 0) is 0 Å². The van der Waals surface area contributed by atoms with Gasteiger partial charge in [0.2, 0.25) is 0 Å². The highest BCUT2D eigenvalue weighted by molar-refractivity contribution is 5.39. The zero-order valence-corrected chi connectivity index (χ0v) is 6.17. The van der Waals surface area contributed by atoms with Gasteiger partial charge in [-0.15, -0.1) is 0 Å². The molecule has 3 heteroatoms. The van der Waals surface area contributed by atoms with E-state index in [1.54, 1.807) is 6.92 Å². The van der Waals surface area contributed by atoms with E-state index in [4.69, 9.17) is 9.84 Å². The summed E-state index contributed by atoms with van der Waals surface area (Å²) in [5, 5.41) is 9.06. The number of benzene rings is 1. The first-order valence-corrected chi connectivity index (χ1v) is 3.36. The molecule has 1 N–H and O–H groups in total. The van der Waals surface area contributed by atoms with Crippen molar-refractivity contribution in [2.24, 2.45) is 0 Å². The van der Waals surface area contributed by atoms with Crippen molar-refractivity contribution in [2.75, 3.05) is 6.61 Å². The van der Waals surface area contributed by atoms with Crippen molar-refractivity contribution < 1.29 is 14.2 Å². The third-order valence-electron chi connectivity index (χ3n) is 1.23.